The molecule has 6 N–H and O–H groups in total. The highest BCUT2D eigenvalue weighted by Crippen LogP contribution is 2.32. The molecule has 0 aliphatic rings. The van der Waals surface area contributed by atoms with Crippen LogP contribution in [0, 0.1) is 6.92 Å². The maximum Gasteiger partial charge on any atom is 0.332 e. The highest BCUT2D eigenvalue weighted by molar-refractivity contribution is 7.10. The number of carbonyl (C=O) groups excluding carboxylic acids is 3. The van der Waals surface area contributed by atoms with Crippen molar-refractivity contribution in [3.05, 3.63) is 51.2 Å². The molecule has 10 heteroatoms. The van der Waals surface area contributed by atoms with Crippen molar-refractivity contribution in [1.82, 2.24) is 10.8 Å². The van der Waals surface area contributed by atoms with E-state index in [0.29, 0.717) is 12.1 Å². The number of nitrogens with one attached hydrogen (secondary N) is 2. The van der Waals surface area contributed by atoms with Crippen LogP contribution < -0.4 is 22.3 Å². The molecule has 1 heterocycles. The van der Waals surface area contributed by atoms with Crippen LogP contribution in [0.2, 0.25) is 0 Å². The highest BCUT2D eigenvalue weighted by Gasteiger charge is 2.20. The van der Waals surface area contributed by atoms with Crippen LogP contribution in [-0.2, 0) is 26.3 Å². The first-order chi connectivity index (χ1) is 15.0. The van der Waals surface area contributed by atoms with E-state index in [1.165, 1.54) is 17.2 Å². The van der Waals surface area contributed by atoms with Crippen LogP contribution in [-0.4, -0.2) is 30.3 Å². The van der Waals surface area contributed by atoms with Gasteiger partial charge in [-0.15, -0.1) is 11.3 Å². The number of hydrogen-bond donors (Lipinski definition) is 4. The lowest BCUT2D eigenvalue weighted by Crippen LogP contribution is -2.38. The molecule has 1 aromatic heterocycles. The Balaban J connectivity index is 1.76. The summed E-state index contributed by atoms with van der Waals surface area (Å²) in [7, 11) is 0. The number of rotatable bonds is 7. The average Bonchev–Trinajstić information content (AvgIpc) is 3.09. The first-order valence-electron chi connectivity index (χ1n) is 10.0. The Kier molecular flexibility index (Phi) is 8.36. The minimum absolute atomic E-state index is 0.0457. The van der Waals surface area contributed by atoms with Gasteiger partial charge in [0.15, 0.2) is 5.96 Å². The quantitative estimate of drug-likeness (QED) is 0.283. The number of aliphatic imine (C=N–C) groups is 1. The third-order valence-corrected chi connectivity index (χ3v) is 5.71. The van der Waals surface area contributed by atoms with E-state index in [-0.39, 0.29) is 29.9 Å². The summed E-state index contributed by atoms with van der Waals surface area (Å²) in [5.41, 5.74) is 15.9. The average molecular weight is 460 g/mol. The fourth-order valence-electron chi connectivity index (χ4n) is 2.99. The number of thiophene rings is 1. The lowest BCUT2D eigenvalue weighted by molar-refractivity contribution is -0.157. The van der Waals surface area contributed by atoms with E-state index < -0.39 is 17.8 Å². The second-order valence-electron chi connectivity index (χ2n) is 8.22. The number of amides is 2. The summed E-state index contributed by atoms with van der Waals surface area (Å²) in [6, 6.07) is 6.27. The molecule has 0 unspecified atom stereocenters. The Bertz CT molecular complexity index is 1020. The lowest BCUT2D eigenvalue weighted by Gasteiger charge is -2.18. The molecule has 0 spiro atoms. The first-order valence-corrected chi connectivity index (χ1v) is 10.9. The van der Waals surface area contributed by atoms with E-state index in [0.717, 1.165) is 4.88 Å². The van der Waals surface area contributed by atoms with Crippen molar-refractivity contribution in [2.75, 3.05) is 6.54 Å². The van der Waals surface area contributed by atoms with Crippen LogP contribution in [0.25, 0.3) is 0 Å². The van der Waals surface area contributed by atoms with E-state index >= 15 is 0 Å². The van der Waals surface area contributed by atoms with Crippen LogP contribution >= 0.6 is 11.3 Å². The molecule has 0 radical (unpaired) electrons. The predicted octanol–water partition coefficient (Wildman–Crippen LogP) is 2.20. The Morgan fingerprint density at radius 1 is 1.19 bits per heavy atom. The number of aryl methyl sites for hydroxylation is 1. The highest BCUT2D eigenvalue weighted by atomic mass is 32.1. The molecular weight excluding hydrogens is 430 g/mol. The Hall–Kier alpha value is -3.40. The van der Waals surface area contributed by atoms with Crippen molar-refractivity contribution in [2.24, 2.45) is 16.5 Å². The zero-order valence-electron chi connectivity index (χ0n) is 18.7. The number of carbonyl (C=O) groups is 3. The van der Waals surface area contributed by atoms with Crippen LogP contribution in [0.5, 0.6) is 0 Å². The van der Waals surface area contributed by atoms with Gasteiger partial charge in [0, 0.05) is 10.4 Å². The zero-order valence-corrected chi connectivity index (χ0v) is 19.5. The van der Waals surface area contributed by atoms with Crippen molar-refractivity contribution in [3.8, 4) is 0 Å². The van der Waals surface area contributed by atoms with E-state index in [2.05, 4.69) is 48.9 Å². The van der Waals surface area contributed by atoms with E-state index in [9.17, 15) is 14.4 Å². The first kappa shape index (κ1) is 24.9. The topological polar surface area (TPSA) is 149 Å². The maximum atomic E-state index is 12.2. The SMILES string of the molecule is Cc1c(C(C)(C)C)csc1CCC(=O)ONC(=O)CNC(=O)c1cccc(N=C(N)N)c1. The summed E-state index contributed by atoms with van der Waals surface area (Å²) in [5, 5.41) is 4.55. The predicted molar refractivity (Wildman–Crippen MR) is 125 cm³/mol. The second kappa shape index (κ2) is 10.8. The van der Waals surface area contributed by atoms with Crippen molar-refractivity contribution in [1.29, 1.82) is 0 Å². The van der Waals surface area contributed by atoms with Gasteiger partial charge in [0.05, 0.1) is 18.7 Å². The third kappa shape index (κ3) is 7.38. The van der Waals surface area contributed by atoms with Gasteiger partial charge in [0.25, 0.3) is 11.8 Å². The molecule has 0 bridgehead atoms. The Morgan fingerprint density at radius 3 is 2.53 bits per heavy atom. The van der Waals surface area contributed by atoms with Crippen LogP contribution in [0.4, 0.5) is 5.69 Å². The number of hydroxylamine groups is 1. The number of nitrogens with two attached hydrogens (primary N) is 2. The number of hydrogen-bond acceptors (Lipinski definition) is 6. The smallest absolute Gasteiger partial charge is 0.332 e. The Labute approximate surface area is 191 Å². The number of benzene rings is 1. The molecule has 0 aliphatic carbocycles. The molecule has 0 fully saturated rings. The van der Waals surface area contributed by atoms with Crippen LogP contribution in [0.3, 0.4) is 0 Å². The van der Waals surface area contributed by atoms with Crippen molar-refractivity contribution in [2.45, 2.75) is 46.0 Å². The molecule has 2 amide bonds. The summed E-state index contributed by atoms with van der Waals surface area (Å²) < 4.78 is 0. The van der Waals surface area contributed by atoms with Crippen molar-refractivity contribution < 1.29 is 19.2 Å². The van der Waals surface area contributed by atoms with E-state index in [1.54, 1.807) is 29.5 Å². The maximum absolute atomic E-state index is 12.2. The molecule has 0 saturated carbocycles. The van der Waals surface area contributed by atoms with Gasteiger partial charge in [-0.25, -0.2) is 9.79 Å². The number of nitrogens with zero attached hydrogens (tertiary/aromatic N) is 1. The summed E-state index contributed by atoms with van der Waals surface area (Å²) in [5.74, 6) is -1.84. The molecule has 0 aliphatic heterocycles. The molecule has 9 nitrogen and oxygen atoms in total. The molecule has 2 aromatic rings. The van der Waals surface area contributed by atoms with Gasteiger partial charge >= 0.3 is 5.97 Å². The van der Waals surface area contributed by atoms with Crippen LogP contribution in [0.1, 0.15) is 53.6 Å². The summed E-state index contributed by atoms with van der Waals surface area (Å²) in [4.78, 5) is 45.8. The fraction of sp³-hybridized carbons (Fsp3) is 0.364. The molecule has 1 aromatic carbocycles. The molecule has 0 atom stereocenters. The van der Waals surface area contributed by atoms with Crippen LogP contribution in [0.15, 0.2) is 34.6 Å². The molecule has 0 saturated heterocycles. The fourth-order valence-corrected chi connectivity index (χ4v) is 4.28. The zero-order chi connectivity index (χ0) is 23.9. The van der Waals surface area contributed by atoms with Gasteiger partial charge in [0.2, 0.25) is 0 Å². The van der Waals surface area contributed by atoms with Gasteiger partial charge in [-0.1, -0.05) is 26.8 Å². The minimum Gasteiger partial charge on any atom is -0.370 e. The van der Waals surface area contributed by atoms with Gasteiger partial charge in [-0.3, -0.25) is 9.59 Å². The molecule has 172 valence electrons. The normalized spacial score (nSPS) is 10.9. The largest absolute Gasteiger partial charge is 0.370 e. The number of guanidine groups is 1. The second-order valence-corrected chi connectivity index (χ2v) is 9.18. The summed E-state index contributed by atoms with van der Waals surface area (Å²) in [6.45, 7) is 8.13. The van der Waals surface area contributed by atoms with Gasteiger partial charge in [-0.05, 0) is 53.5 Å². The van der Waals surface area contributed by atoms with Gasteiger partial charge in [0.1, 0.15) is 0 Å². The minimum atomic E-state index is -0.658. The van der Waals surface area contributed by atoms with Gasteiger partial charge < -0.3 is 21.6 Å². The summed E-state index contributed by atoms with van der Waals surface area (Å²) in [6.07, 6.45) is 0.666. The third-order valence-electron chi connectivity index (χ3n) is 4.56. The van der Waals surface area contributed by atoms with E-state index in [1.807, 2.05) is 0 Å². The molecule has 32 heavy (non-hydrogen) atoms. The monoisotopic (exact) mass is 459 g/mol. The standard InChI is InChI=1S/C22H29N5O4S/c1-13-16(22(2,3)4)12-32-17(13)8-9-19(29)31-27-18(28)11-25-20(30)14-6-5-7-15(10-14)26-21(23)24/h5-7,10,12H,8-9,11H2,1-4H3,(H,25,30)(H,27,28)(H4,23,24,26). The lowest BCUT2D eigenvalue weighted by atomic mass is 9.86. The van der Waals surface area contributed by atoms with Gasteiger partial charge in [-0.2, -0.15) is 5.48 Å². The Morgan fingerprint density at radius 2 is 1.91 bits per heavy atom. The molecular formula is C22H29N5O4S. The summed E-state index contributed by atoms with van der Waals surface area (Å²) >= 11 is 1.62. The van der Waals surface area contributed by atoms with E-state index in [4.69, 9.17) is 16.3 Å². The van der Waals surface area contributed by atoms with Crippen molar-refractivity contribution in [3.63, 3.8) is 0 Å². The van der Waals surface area contributed by atoms with Crippen molar-refractivity contribution >= 4 is 40.8 Å². The molecule has 2 rings (SSSR count).